The molecule has 0 unspecified atom stereocenters. The number of amides is 1. The lowest BCUT2D eigenvalue weighted by Crippen LogP contribution is -2.41. The van der Waals surface area contributed by atoms with Crippen LogP contribution in [0.5, 0.6) is 11.5 Å². The molecule has 0 N–H and O–H groups in total. The standard InChI is InChI=1S/C22H35N3O3/c1-5-25-17-22(15-20(25)26)9-11-24(12-10-22)16-18-7-6-8-19(27-4)21(18)28-14-13-23(2)3/h6-8H,5,9-17H2,1-4H3. The molecule has 0 radical (unpaired) electrons. The number of para-hydroxylation sites is 1. The Hall–Kier alpha value is -1.79. The third-order valence-electron chi connectivity index (χ3n) is 6.16. The number of carbonyl (C=O) groups excluding carboxylic acids is 1. The average Bonchev–Trinajstić information content (AvgIpc) is 2.99. The molecule has 2 heterocycles. The fraction of sp³-hybridized carbons (Fsp3) is 0.682. The second-order valence-electron chi connectivity index (χ2n) is 8.46. The molecule has 1 amide bonds. The van der Waals surface area contributed by atoms with E-state index in [2.05, 4.69) is 22.8 Å². The smallest absolute Gasteiger partial charge is 0.223 e. The molecule has 2 aliphatic heterocycles. The monoisotopic (exact) mass is 389 g/mol. The highest BCUT2D eigenvalue weighted by atomic mass is 16.5. The molecule has 6 nitrogen and oxygen atoms in total. The number of likely N-dealkylation sites (tertiary alicyclic amines) is 2. The maximum Gasteiger partial charge on any atom is 0.223 e. The molecule has 156 valence electrons. The van der Waals surface area contributed by atoms with E-state index in [0.717, 1.165) is 70.0 Å². The Labute approximate surface area is 169 Å². The minimum Gasteiger partial charge on any atom is -0.493 e. The lowest BCUT2D eigenvalue weighted by Gasteiger charge is -2.39. The Morgan fingerprint density at radius 1 is 1.21 bits per heavy atom. The molecular formula is C22H35N3O3. The van der Waals surface area contributed by atoms with Crippen molar-refractivity contribution in [2.24, 2.45) is 5.41 Å². The molecule has 0 atom stereocenters. The van der Waals surface area contributed by atoms with Crippen LogP contribution in [-0.2, 0) is 11.3 Å². The summed E-state index contributed by atoms with van der Waals surface area (Å²) in [5, 5.41) is 0. The van der Waals surface area contributed by atoms with Crippen LogP contribution in [0.15, 0.2) is 18.2 Å². The van der Waals surface area contributed by atoms with Gasteiger partial charge in [-0.1, -0.05) is 12.1 Å². The van der Waals surface area contributed by atoms with Crippen LogP contribution in [-0.4, -0.2) is 81.1 Å². The first-order valence-electron chi connectivity index (χ1n) is 10.4. The summed E-state index contributed by atoms with van der Waals surface area (Å²) in [6, 6.07) is 6.13. The summed E-state index contributed by atoms with van der Waals surface area (Å²) in [7, 11) is 5.78. The molecule has 1 aromatic rings. The number of rotatable bonds is 8. The maximum atomic E-state index is 12.2. The number of hydrogen-bond donors (Lipinski definition) is 0. The van der Waals surface area contributed by atoms with E-state index in [1.54, 1.807) is 7.11 Å². The first-order valence-corrected chi connectivity index (χ1v) is 10.4. The van der Waals surface area contributed by atoms with Crippen molar-refractivity contribution in [3.63, 3.8) is 0 Å². The predicted octanol–water partition coefficient (Wildman–Crippen LogP) is 2.47. The van der Waals surface area contributed by atoms with Gasteiger partial charge in [0, 0.05) is 38.2 Å². The summed E-state index contributed by atoms with van der Waals surface area (Å²) >= 11 is 0. The number of piperidine rings is 1. The van der Waals surface area contributed by atoms with Gasteiger partial charge in [-0.05, 0) is 58.4 Å². The van der Waals surface area contributed by atoms with Crippen LogP contribution < -0.4 is 9.47 Å². The van der Waals surface area contributed by atoms with E-state index in [1.165, 1.54) is 5.56 Å². The lowest BCUT2D eigenvalue weighted by atomic mass is 9.77. The number of carbonyl (C=O) groups is 1. The largest absolute Gasteiger partial charge is 0.493 e. The van der Waals surface area contributed by atoms with Gasteiger partial charge in [0.15, 0.2) is 11.5 Å². The van der Waals surface area contributed by atoms with Crippen LogP contribution in [0.2, 0.25) is 0 Å². The SMILES string of the molecule is CCN1CC2(CCN(Cc3cccc(OC)c3OCCN(C)C)CC2)CC1=O. The molecule has 1 spiro atoms. The topological polar surface area (TPSA) is 45.2 Å². The summed E-state index contributed by atoms with van der Waals surface area (Å²) in [6.45, 7) is 8.27. The highest BCUT2D eigenvalue weighted by Gasteiger charge is 2.44. The van der Waals surface area contributed by atoms with Crippen molar-refractivity contribution in [3.05, 3.63) is 23.8 Å². The third-order valence-corrected chi connectivity index (χ3v) is 6.16. The molecule has 3 rings (SSSR count). The molecule has 2 fully saturated rings. The highest BCUT2D eigenvalue weighted by molar-refractivity contribution is 5.79. The number of hydrogen-bond acceptors (Lipinski definition) is 5. The van der Waals surface area contributed by atoms with Crippen LogP contribution in [0.25, 0.3) is 0 Å². The number of ether oxygens (including phenoxy) is 2. The molecular weight excluding hydrogens is 354 g/mol. The van der Waals surface area contributed by atoms with Gasteiger partial charge in [-0.15, -0.1) is 0 Å². The normalized spacial score (nSPS) is 19.6. The van der Waals surface area contributed by atoms with Gasteiger partial charge in [0.2, 0.25) is 5.91 Å². The molecule has 2 saturated heterocycles. The van der Waals surface area contributed by atoms with Gasteiger partial charge < -0.3 is 19.3 Å². The average molecular weight is 390 g/mol. The van der Waals surface area contributed by atoms with Gasteiger partial charge in [-0.25, -0.2) is 0 Å². The first-order chi connectivity index (χ1) is 13.5. The molecule has 1 aromatic carbocycles. The van der Waals surface area contributed by atoms with E-state index in [9.17, 15) is 4.79 Å². The van der Waals surface area contributed by atoms with Crippen molar-refractivity contribution in [1.82, 2.24) is 14.7 Å². The molecule has 0 aliphatic carbocycles. The zero-order chi connectivity index (χ0) is 20.1. The molecule has 6 heteroatoms. The zero-order valence-corrected chi connectivity index (χ0v) is 17.9. The van der Waals surface area contributed by atoms with Crippen molar-refractivity contribution < 1.29 is 14.3 Å². The van der Waals surface area contributed by atoms with Crippen molar-refractivity contribution in [1.29, 1.82) is 0 Å². The van der Waals surface area contributed by atoms with Crippen molar-refractivity contribution >= 4 is 5.91 Å². The maximum absolute atomic E-state index is 12.2. The van der Waals surface area contributed by atoms with E-state index in [4.69, 9.17) is 9.47 Å². The van der Waals surface area contributed by atoms with Gasteiger partial charge in [-0.2, -0.15) is 0 Å². The van der Waals surface area contributed by atoms with E-state index in [1.807, 2.05) is 31.1 Å². The van der Waals surface area contributed by atoms with Crippen LogP contribution in [0.4, 0.5) is 0 Å². The van der Waals surface area contributed by atoms with Crippen molar-refractivity contribution in [2.75, 3.05) is 60.5 Å². The molecule has 2 aliphatic rings. The minimum absolute atomic E-state index is 0.197. The van der Waals surface area contributed by atoms with Gasteiger partial charge in [0.25, 0.3) is 0 Å². The van der Waals surface area contributed by atoms with Gasteiger partial charge in [0.1, 0.15) is 6.61 Å². The van der Waals surface area contributed by atoms with E-state index < -0.39 is 0 Å². The third kappa shape index (κ3) is 4.78. The summed E-state index contributed by atoms with van der Waals surface area (Å²) < 4.78 is 11.6. The fourth-order valence-corrected chi connectivity index (χ4v) is 4.37. The number of benzene rings is 1. The van der Waals surface area contributed by atoms with E-state index in [-0.39, 0.29) is 5.41 Å². The molecule has 0 saturated carbocycles. The predicted molar refractivity (Wildman–Crippen MR) is 111 cm³/mol. The number of likely N-dealkylation sites (N-methyl/N-ethyl adjacent to an activating group) is 1. The second-order valence-corrected chi connectivity index (χ2v) is 8.46. The molecule has 0 aromatic heterocycles. The van der Waals surface area contributed by atoms with Crippen molar-refractivity contribution in [2.45, 2.75) is 32.7 Å². The highest BCUT2D eigenvalue weighted by Crippen LogP contribution is 2.41. The zero-order valence-electron chi connectivity index (χ0n) is 17.9. The first kappa shape index (κ1) is 20.9. The van der Waals surface area contributed by atoms with Gasteiger partial charge in [0.05, 0.1) is 7.11 Å². The van der Waals surface area contributed by atoms with Crippen LogP contribution in [0.1, 0.15) is 31.7 Å². The summed E-state index contributed by atoms with van der Waals surface area (Å²) in [6.07, 6.45) is 2.92. The van der Waals surface area contributed by atoms with Crippen LogP contribution in [0.3, 0.4) is 0 Å². The Balaban J connectivity index is 1.62. The summed E-state index contributed by atoms with van der Waals surface area (Å²) in [5.41, 5.74) is 1.37. The number of methoxy groups -OCH3 is 1. The van der Waals surface area contributed by atoms with Crippen LogP contribution >= 0.6 is 0 Å². The number of nitrogens with zero attached hydrogens (tertiary/aromatic N) is 3. The quantitative estimate of drug-likeness (QED) is 0.683. The van der Waals surface area contributed by atoms with Crippen LogP contribution in [0, 0.1) is 5.41 Å². The van der Waals surface area contributed by atoms with E-state index in [0.29, 0.717) is 12.5 Å². The van der Waals surface area contributed by atoms with E-state index >= 15 is 0 Å². The Bertz CT molecular complexity index is 669. The minimum atomic E-state index is 0.197. The Morgan fingerprint density at radius 3 is 2.57 bits per heavy atom. The lowest BCUT2D eigenvalue weighted by molar-refractivity contribution is -0.127. The van der Waals surface area contributed by atoms with Gasteiger partial charge >= 0.3 is 0 Å². The molecule has 28 heavy (non-hydrogen) atoms. The fourth-order valence-electron chi connectivity index (χ4n) is 4.37. The second kappa shape index (κ2) is 9.14. The van der Waals surface area contributed by atoms with Crippen molar-refractivity contribution in [3.8, 4) is 11.5 Å². The van der Waals surface area contributed by atoms with Gasteiger partial charge in [-0.3, -0.25) is 9.69 Å². The summed E-state index contributed by atoms with van der Waals surface area (Å²) in [5.74, 6) is 1.99. The molecule has 0 bridgehead atoms. The Kier molecular flexibility index (Phi) is 6.83. The Morgan fingerprint density at radius 2 is 1.96 bits per heavy atom. The summed E-state index contributed by atoms with van der Waals surface area (Å²) in [4.78, 5) is 18.8.